The summed E-state index contributed by atoms with van der Waals surface area (Å²) in [6.45, 7) is 0. The summed E-state index contributed by atoms with van der Waals surface area (Å²) in [7, 11) is -3.10. The number of anilines is 1. The fourth-order valence-corrected chi connectivity index (χ4v) is 3.73. The lowest BCUT2D eigenvalue weighted by Crippen LogP contribution is -2.38. The average molecular weight is 372 g/mol. The molecule has 0 spiro atoms. The molecule has 2 aromatic carbocycles. The van der Waals surface area contributed by atoms with Crippen molar-refractivity contribution in [3.8, 4) is 0 Å². The number of nitrogens with one attached hydrogen (secondary N) is 2. The molecule has 128 valence electrons. The number of sulfone groups is 1. The highest BCUT2D eigenvalue weighted by atomic mass is 32.2. The Hall–Kier alpha value is -2.58. The smallest absolute Gasteiger partial charge is 0.173 e. The van der Waals surface area contributed by atoms with Gasteiger partial charge in [-0.25, -0.2) is 8.42 Å². The van der Waals surface area contributed by atoms with Crippen LogP contribution in [0.5, 0.6) is 0 Å². The first-order chi connectivity index (χ1) is 12.0. The van der Waals surface area contributed by atoms with E-state index in [1.807, 2.05) is 54.6 Å². The molecular weight excluding hydrogens is 356 g/mol. The Bertz CT molecular complexity index is 907. The molecule has 2 aromatic rings. The maximum Gasteiger partial charge on any atom is 0.173 e. The van der Waals surface area contributed by atoms with Gasteiger partial charge in [-0.15, -0.1) is 0 Å². The zero-order valence-corrected chi connectivity index (χ0v) is 14.8. The summed E-state index contributed by atoms with van der Waals surface area (Å²) in [6, 6.07) is 16.5. The van der Waals surface area contributed by atoms with E-state index in [-0.39, 0.29) is 11.8 Å². The lowest BCUT2D eigenvalue weighted by atomic mass is 10.3. The van der Waals surface area contributed by atoms with Gasteiger partial charge in [-0.3, -0.25) is 0 Å². The lowest BCUT2D eigenvalue weighted by Gasteiger charge is -2.14. The van der Waals surface area contributed by atoms with E-state index >= 15 is 0 Å². The maximum atomic E-state index is 11.4. The van der Waals surface area contributed by atoms with E-state index in [1.54, 1.807) is 6.08 Å². The molecule has 1 aliphatic rings. The van der Waals surface area contributed by atoms with Gasteiger partial charge in [-0.05, 0) is 54.7 Å². The zero-order chi connectivity index (χ0) is 17.7. The van der Waals surface area contributed by atoms with Crippen molar-refractivity contribution < 1.29 is 8.42 Å². The molecule has 0 saturated heterocycles. The number of nitrogens with zero attached hydrogens (tertiary/aromatic N) is 2. The molecule has 1 aliphatic heterocycles. The van der Waals surface area contributed by atoms with Gasteiger partial charge in [-0.2, -0.15) is 10.2 Å². The predicted molar refractivity (Wildman–Crippen MR) is 103 cm³/mol. The molecular formula is C17H16N4O2S2. The SMILES string of the molecule is O=S1(=O)C=CC(NC(=S)Nc2ccc(N=Nc3ccccc3)cc2)C1. The molecule has 0 saturated carbocycles. The van der Waals surface area contributed by atoms with Crippen molar-refractivity contribution in [2.24, 2.45) is 10.2 Å². The number of azo groups is 1. The van der Waals surface area contributed by atoms with E-state index in [4.69, 9.17) is 12.2 Å². The van der Waals surface area contributed by atoms with E-state index in [9.17, 15) is 8.42 Å². The van der Waals surface area contributed by atoms with Gasteiger partial charge in [0.1, 0.15) is 0 Å². The van der Waals surface area contributed by atoms with Gasteiger partial charge in [0.2, 0.25) is 0 Å². The van der Waals surface area contributed by atoms with Gasteiger partial charge in [-0.1, -0.05) is 18.2 Å². The Balaban J connectivity index is 1.55. The van der Waals surface area contributed by atoms with Crippen molar-refractivity contribution in [1.29, 1.82) is 0 Å². The Morgan fingerprint density at radius 3 is 2.24 bits per heavy atom. The summed E-state index contributed by atoms with van der Waals surface area (Å²) in [5, 5.41) is 15.9. The Kier molecular flexibility index (Phi) is 5.20. The van der Waals surface area contributed by atoms with Gasteiger partial charge in [0.05, 0.1) is 23.2 Å². The summed E-state index contributed by atoms with van der Waals surface area (Å²) in [5.41, 5.74) is 2.29. The van der Waals surface area contributed by atoms with Crippen LogP contribution >= 0.6 is 12.2 Å². The summed E-state index contributed by atoms with van der Waals surface area (Å²) in [6.07, 6.45) is 1.59. The van der Waals surface area contributed by atoms with Crippen LogP contribution in [0.25, 0.3) is 0 Å². The molecule has 1 unspecified atom stereocenters. The van der Waals surface area contributed by atoms with Crippen LogP contribution in [0.3, 0.4) is 0 Å². The zero-order valence-electron chi connectivity index (χ0n) is 13.2. The molecule has 3 rings (SSSR count). The van der Waals surface area contributed by atoms with Crippen LogP contribution in [-0.2, 0) is 9.84 Å². The van der Waals surface area contributed by atoms with Crippen LogP contribution in [-0.4, -0.2) is 25.3 Å². The number of thiocarbonyl (C=S) groups is 1. The largest absolute Gasteiger partial charge is 0.355 e. The summed E-state index contributed by atoms with van der Waals surface area (Å²) >= 11 is 5.20. The number of rotatable bonds is 4. The molecule has 6 nitrogen and oxygen atoms in total. The van der Waals surface area contributed by atoms with Crippen molar-refractivity contribution in [2.75, 3.05) is 11.1 Å². The molecule has 0 bridgehead atoms. The summed E-state index contributed by atoms with van der Waals surface area (Å²) in [5.74, 6) is 0.0215. The van der Waals surface area contributed by atoms with Crippen LogP contribution in [0.15, 0.2) is 76.3 Å². The molecule has 2 N–H and O–H groups in total. The molecule has 25 heavy (non-hydrogen) atoms. The average Bonchev–Trinajstić information content (AvgIpc) is 2.93. The molecule has 0 amide bonds. The molecule has 0 radical (unpaired) electrons. The van der Waals surface area contributed by atoms with Crippen molar-refractivity contribution in [1.82, 2.24) is 5.32 Å². The second-order valence-corrected chi connectivity index (χ2v) is 7.78. The summed E-state index contributed by atoms with van der Waals surface area (Å²) in [4.78, 5) is 0. The van der Waals surface area contributed by atoms with Gasteiger partial charge in [0.15, 0.2) is 14.9 Å². The third kappa shape index (κ3) is 5.20. The highest BCUT2D eigenvalue weighted by Crippen LogP contribution is 2.20. The molecule has 0 aromatic heterocycles. The van der Waals surface area contributed by atoms with E-state index in [1.165, 1.54) is 5.41 Å². The van der Waals surface area contributed by atoms with Crippen LogP contribution < -0.4 is 10.6 Å². The molecule has 0 fully saturated rings. The van der Waals surface area contributed by atoms with Crippen molar-refractivity contribution >= 4 is 44.2 Å². The number of benzene rings is 2. The first-order valence-corrected chi connectivity index (χ1v) is 9.68. The Labute approximate surface area is 151 Å². The van der Waals surface area contributed by atoms with Gasteiger partial charge < -0.3 is 10.6 Å². The monoisotopic (exact) mass is 372 g/mol. The highest BCUT2D eigenvalue weighted by molar-refractivity contribution is 7.94. The third-order valence-electron chi connectivity index (χ3n) is 3.41. The lowest BCUT2D eigenvalue weighted by molar-refractivity contribution is 0.603. The number of hydrogen-bond donors (Lipinski definition) is 2. The predicted octanol–water partition coefficient (Wildman–Crippen LogP) is 3.70. The highest BCUT2D eigenvalue weighted by Gasteiger charge is 2.21. The fourth-order valence-electron chi connectivity index (χ4n) is 2.22. The second kappa shape index (κ2) is 7.54. The number of hydrogen-bond acceptors (Lipinski definition) is 5. The normalized spacial score (nSPS) is 18.3. The summed E-state index contributed by atoms with van der Waals surface area (Å²) < 4.78 is 22.7. The van der Waals surface area contributed by atoms with Gasteiger partial charge in [0, 0.05) is 11.1 Å². The fraction of sp³-hybridized carbons (Fsp3) is 0.118. The Morgan fingerprint density at radius 1 is 1.00 bits per heavy atom. The molecule has 0 aliphatic carbocycles. The van der Waals surface area contributed by atoms with Gasteiger partial charge >= 0.3 is 0 Å². The molecule has 1 atom stereocenters. The minimum atomic E-state index is -3.10. The Morgan fingerprint density at radius 2 is 1.64 bits per heavy atom. The van der Waals surface area contributed by atoms with E-state index in [0.29, 0.717) is 5.11 Å². The first-order valence-electron chi connectivity index (χ1n) is 7.55. The van der Waals surface area contributed by atoms with Crippen LogP contribution in [0.1, 0.15) is 0 Å². The minimum Gasteiger partial charge on any atom is -0.355 e. The quantitative estimate of drug-likeness (QED) is 0.632. The second-order valence-electron chi connectivity index (χ2n) is 5.45. The van der Waals surface area contributed by atoms with Crippen molar-refractivity contribution in [2.45, 2.75) is 6.04 Å². The first kappa shape index (κ1) is 17.2. The van der Waals surface area contributed by atoms with E-state index in [0.717, 1.165) is 17.1 Å². The molecule has 8 heteroatoms. The van der Waals surface area contributed by atoms with Crippen LogP contribution in [0.2, 0.25) is 0 Å². The topological polar surface area (TPSA) is 82.9 Å². The minimum absolute atomic E-state index is 0.0215. The van der Waals surface area contributed by atoms with Gasteiger partial charge in [0.25, 0.3) is 0 Å². The van der Waals surface area contributed by atoms with Crippen molar-refractivity contribution in [3.05, 3.63) is 66.1 Å². The van der Waals surface area contributed by atoms with Crippen molar-refractivity contribution in [3.63, 3.8) is 0 Å². The maximum absolute atomic E-state index is 11.4. The standard InChI is InChI=1S/C17H16N4O2S2/c22-25(23)11-10-16(12-25)19-17(24)18-13-6-8-15(9-7-13)21-20-14-4-2-1-3-5-14/h1-11,16H,12H2,(H2,18,19,24). The molecule has 1 heterocycles. The third-order valence-corrected chi connectivity index (χ3v) is 5.02. The van der Waals surface area contributed by atoms with Crippen LogP contribution in [0, 0.1) is 0 Å². The van der Waals surface area contributed by atoms with Crippen LogP contribution in [0.4, 0.5) is 17.1 Å². The van der Waals surface area contributed by atoms with E-state index < -0.39 is 9.84 Å². The van der Waals surface area contributed by atoms with E-state index in [2.05, 4.69) is 20.9 Å².